The Balaban J connectivity index is 2.65. The Morgan fingerprint density at radius 1 is 0.477 bits per heavy atom. The SMILES string of the molecule is C=CC(=O)OCCCCOC(=O)NCCCCCCn1c(=O)n(CCCCCCNC(=O)OCCCCOC(=O)C=C)c(=O)n(CCCCCCNC(=O)OCC(CC)CCCC)c1=O. The highest BCUT2D eigenvalue weighted by atomic mass is 16.6. The van der Waals surface area contributed by atoms with Crippen LogP contribution in [0, 0.1) is 5.92 Å². The van der Waals surface area contributed by atoms with Crippen LogP contribution >= 0.6 is 0 Å². The molecule has 1 atom stereocenters. The molecule has 0 aliphatic heterocycles. The molecular weight excluding hydrogens is 845 g/mol. The van der Waals surface area contributed by atoms with Gasteiger partial charge in [-0.25, -0.2) is 52.1 Å². The third kappa shape index (κ3) is 28.2. The Labute approximate surface area is 384 Å². The van der Waals surface area contributed by atoms with Crippen LogP contribution in [0.5, 0.6) is 0 Å². The number of carbonyl (C=O) groups is 5. The van der Waals surface area contributed by atoms with E-state index >= 15 is 0 Å². The number of nitrogens with one attached hydrogen (secondary N) is 3. The van der Waals surface area contributed by atoms with Crippen molar-refractivity contribution in [1.29, 1.82) is 0 Å². The van der Waals surface area contributed by atoms with Crippen molar-refractivity contribution >= 4 is 30.2 Å². The summed E-state index contributed by atoms with van der Waals surface area (Å²) in [5.41, 5.74) is -1.92. The lowest BCUT2D eigenvalue weighted by Gasteiger charge is -2.15. The minimum absolute atomic E-state index is 0.138. The topological polar surface area (TPSA) is 234 Å². The summed E-state index contributed by atoms with van der Waals surface area (Å²) in [5.74, 6) is -0.632. The molecule has 0 radical (unpaired) electrons. The first-order valence-electron chi connectivity index (χ1n) is 23.7. The van der Waals surface area contributed by atoms with Gasteiger partial charge in [-0.05, 0) is 76.5 Å². The Morgan fingerprint density at radius 3 is 1.15 bits per heavy atom. The third-order valence-electron chi connectivity index (χ3n) is 10.5. The van der Waals surface area contributed by atoms with Gasteiger partial charge in [0.15, 0.2) is 0 Å². The molecule has 19 heteroatoms. The van der Waals surface area contributed by atoms with Crippen molar-refractivity contribution < 1.29 is 47.7 Å². The van der Waals surface area contributed by atoms with Crippen LogP contribution in [0.4, 0.5) is 14.4 Å². The molecule has 1 rings (SSSR count). The van der Waals surface area contributed by atoms with Gasteiger partial charge in [-0.3, -0.25) is 0 Å². The van der Waals surface area contributed by atoms with Crippen molar-refractivity contribution in [2.75, 3.05) is 52.7 Å². The van der Waals surface area contributed by atoms with E-state index in [1.165, 1.54) is 0 Å². The largest absolute Gasteiger partial charge is 0.463 e. The summed E-state index contributed by atoms with van der Waals surface area (Å²) in [6.07, 6.45) is 15.0. The van der Waals surface area contributed by atoms with E-state index in [9.17, 15) is 38.4 Å². The van der Waals surface area contributed by atoms with Gasteiger partial charge in [0.1, 0.15) is 0 Å². The average Bonchev–Trinajstić information content (AvgIpc) is 3.30. The van der Waals surface area contributed by atoms with E-state index in [4.69, 9.17) is 23.7 Å². The van der Waals surface area contributed by atoms with Gasteiger partial charge in [0.25, 0.3) is 0 Å². The van der Waals surface area contributed by atoms with Crippen molar-refractivity contribution in [3.05, 3.63) is 56.8 Å². The number of esters is 2. The van der Waals surface area contributed by atoms with Gasteiger partial charge in [0, 0.05) is 51.4 Å². The summed E-state index contributed by atoms with van der Waals surface area (Å²) in [6.45, 7) is 13.8. The first kappa shape index (κ1) is 57.7. The predicted octanol–water partition coefficient (Wildman–Crippen LogP) is 6.27. The van der Waals surface area contributed by atoms with Gasteiger partial charge in [-0.2, -0.15) is 0 Å². The summed E-state index contributed by atoms with van der Waals surface area (Å²) in [6, 6.07) is 0. The van der Waals surface area contributed by atoms with E-state index < -0.39 is 47.3 Å². The number of amides is 3. The molecule has 0 spiro atoms. The van der Waals surface area contributed by atoms with Gasteiger partial charge in [-0.15, -0.1) is 0 Å². The van der Waals surface area contributed by atoms with E-state index in [1.54, 1.807) is 0 Å². The molecule has 19 nitrogen and oxygen atoms in total. The summed E-state index contributed by atoms with van der Waals surface area (Å²) >= 11 is 0. The maximum atomic E-state index is 13.6. The first-order chi connectivity index (χ1) is 31.5. The second kappa shape index (κ2) is 38.0. The first-order valence-corrected chi connectivity index (χ1v) is 23.7. The number of hydrogen-bond acceptors (Lipinski definition) is 13. The molecule has 0 saturated heterocycles. The maximum absolute atomic E-state index is 13.6. The summed E-state index contributed by atoms with van der Waals surface area (Å²) < 4.78 is 28.8. The molecule has 3 N–H and O–H groups in total. The lowest BCUT2D eigenvalue weighted by Crippen LogP contribution is -2.54. The monoisotopic (exact) mass is 923 g/mol. The maximum Gasteiger partial charge on any atom is 0.407 e. The second-order valence-electron chi connectivity index (χ2n) is 15.8. The Kier molecular flexibility index (Phi) is 33.7. The fourth-order valence-electron chi connectivity index (χ4n) is 6.52. The molecule has 370 valence electrons. The average molecular weight is 923 g/mol. The fraction of sp³-hybridized carbons (Fsp3) is 0.739. The number of ether oxygens (including phenoxy) is 5. The number of carbonyl (C=O) groups excluding carboxylic acids is 5. The quantitative estimate of drug-likeness (QED) is 0.0286. The smallest absolute Gasteiger partial charge is 0.407 e. The van der Waals surface area contributed by atoms with E-state index in [-0.39, 0.29) is 46.1 Å². The summed E-state index contributed by atoms with van der Waals surface area (Å²) in [4.78, 5) is 98.9. The Bertz CT molecular complexity index is 1630. The van der Waals surface area contributed by atoms with Gasteiger partial charge in [0.05, 0.1) is 33.0 Å². The van der Waals surface area contributed by atoms with Crippen molar-refractivity contribution in [2.45, 2.75) is 162 Å². The molecule has 1 aromatic rings. The summed E-state index contributed by atoms with van der Waals surface area (Å²) in [7, 11) is 0. The van der Waals surface area contributed by atoms with E-state index in [2.05, 4.69) is 43.0 Å². The van der Waals surface area contributed by atoms with Crippen LogP contribution in [0.1, 0.15) is 142 Å². The van der Waals surface area contributed by atoms with Crippen molar-refractivity contribution in [2.24, 2.45) is 5.92 Å². The Hall–Kier alpha value is -5.36. The minimum Gasteiger partial charge on any atom is -0.463 e. The van der Waals surface area contributed by atoms with Gasteiger partial charge in [-0.1, -0.05) is 84.8 Å². The number of rotatable bonds is 39. The molecule has 0 fully saturated rings. The highest BCUT2D eigenvalue weighted by molar-refractivity contribution is 5.81. The molecular formula is C46H78N6O13. The van der Waals surface area contributed by atoms with Crippen LogP contribution in [-0.4, -0.2) is 96.6 Å². The van der Waals surface area contributed by atoms with Crippen LogP contribution in [0.15, 0.2) is 39.7 Å². The number of hydrogen-bond donors (Lipinski definition) is 3. The van der Waals surface area contributed by atoms with Crippen molar-refractivity contribution in [3.63, 3.8) is 0 Å². The molecule has 1 aromatic heterocycles. The zero-order valence-corrected chi connectivity index (χ0v) is 39.2. The minimum atomic E-state index is -0.642. The second-order valence-corrected chi connectivity index (χ2v) is 15.8. The molecule has 0 aliphatic rings. The molecule has 0 aliphatic carbocycles. The van der Waals surface area contributed by atoms with Crippen LogP contribution in [0.2, 0.25) is 0 Å². The Morgan fingerprint density at radius 2 is 0.815 bits per heavy atom. The number of nitrogens with zero attached hydrogens (tertiary/aromatic N) is 3. The number of unbranched alkanes of at least 4 members (excludes halogenated alkanes) is 12. The molecule has 65 heavy (non-hydrogen) atoms. The number of aromatic nitrogens is 3. The van der Waals surface area contributed by atoms with Crippen LogP contribution in [0.25, 0.3) is 0 Å². The number of alkyl carbamates (subject to hydrolysis) is 3. The molecule has 0 bridgehead atoms. The van der Waals surface area contributed by atoms with Gasteiger partial charge >= 0.3 is 47.3 Å². The standard InChI is InChI=1S/C46H78N6O13/c1-5-9-26-38(6-2)37-65-43(57)49-29-18-12-15-21-32-52-45(59)50(30-19-13-10-16-27-47-41(55)63-35-24-22-33-61-39(53)7-3)44(58)51(46(52)60)31-20-14-11-17-28-48-42(56)64-36-25-23-34-62-40(54)8-4/h7-8,38H,3-6,9-37H2,1-2H3,(H,47,55)(H,48,56)(H,49,57). The molecule has 0 saturated carbocycles. The van der Waals surface area contributed by atoms with Crippen LogP contribution < -0.4 is 33.0 Å². The normalized spacial score (nSPS) is 11.2. The highest BCUT2D eigenvalue weighted by Crippen LogP contribution is 2.13. The molecule has 1 heterocycles. The van der Waals surface area contributed by atoms with Crippen LogP contribution in [0.3, 0.4) is 0 Å². The lowest BCUT2D eigenvalue weighted by atomic mass is 10.0. The molecule has 3 amide bonds. The lowest BCUT2D eigenvalue weighted by molar-refractivity contribution is -0.138. The predicted molar refractivity (Wildman–Crippen MR) is 247 cm³/mol. The van der Waals surface area contributed by atoms with Crippen molar-refractivity contribution in [1.82, 2.24) is 29.7 Å². The van der Waals surface area contributed by atoms with Gasteiger partial charge in [0.2, 0.25) is 0 Å². The van der Waals surface area contributed by atoms with E-state index in [1.807, 2.05) is 0 Å². The van der Waals surface area contributed by atoms with E-state index in [0.29, 0.717) is 116 Å². The third-order valence-corrected chi connectivity index (χ3v) is 10.5. The highest BCUT2D eigenvalue weighted by Gasteiger charge is 2.16. The fourth-order valence-corrected chi connectivity index (χ4v) is 6.52. The molecule has 0 aromatic carbocycles. The zero-order chi connectivity index (χ0) is 47.9. The summed E-state index contributed by atoms with van der Waals surface area (Å²) in [5, 5.41) is 8.19. The van der Waals surface area contributed by atoms with E-state index in [0.717, 1.165) is 70.8 Å². The molecule has 1 unspecified atom stereocenters. The van der Waals surface area contributed by atoms with Crippen LogP contribution in [-0.2, 0) is 52.9 Å². The van der Waals surface area contributed by atoms with Gasteiger partial charge < -0.3 is 39.6 Å². The zero-order valence-electron chi connectivity index (χ0n) is 39.2. The van der Waals surface area contributed by atoms with Crippen molar-refractivity contribution in [3.8, 4) is 0 Å².